The van der Waals surface area contributed by atoms with E-state index in [9.17, 15) is 0 Å². The van der Waals surface area contributed by atoms with Gasteiger partial charge in [0.25, 0.3) is 0 Å². The molecule has 1 aromatic carbocycles. The first-order chi connectivity index (χ1) is 5.29. The van der Waals surface area contributed by atoms with E-state index in [1.165, 1.54) is 28.4 Å². The van der Waals surface area contributed by atoms with Gasteiger partial charge in [-0.1, -0.05) is 28.1 Å². The van der Waals surface area contributed by atoms with Crippen molar-refractivity contribution >= 4 is 28.6 Å². The lowest BCUT2D eigenvalue weighted by atomic mass is 10.1. The van der Waals surface area contributed by atoms with Crippen LogP contribution in [-0.2, 0) is 6.42 Å². The smallest absolute Gasteiger partial charge is 0.0273 e. The lowest BCUT2D eigenvalue weighted by Crippen LogP contribution is -1.83. The Labute approximate surface area is 80.5 Å². The fourth-order valence-electron chi connectivity index (χ4n) is 1.59. The van der Waals surface area contributed by atoms with Crippen LogP contribution in [0.2, 0.25) is 0 Å². The Hall–Kier alpha value is 0.0500. The maximum Gasteiger partial charge on any atom is 0.0273 e. The molecule has 1 aromatic rings. The predicted molar refractivity (Wildman–Crippen MR) is 54.2 cm³/mol. The molecule has 1 unspecified atom stereocenters. The summed E-state index contributed by atoms with van der Waals surface area (Å²) in [7, 11) is 0. The van der Waals surface area contributed by atoms with Gasteiger partial charge in [-0.3, -0.25) is 0 Å². The molecule has 0 heterocycles. The highest BCUT2D eigenvalue weighted by molar-refractivity contribution is 9.10. The Morgan fingerprint density at radius 1 is 1.45 bits per heavy atom. The summed E-state index contributed by atoms with van der Waals surface area (Å²) in [5, 5.41) is 0.461. The molecule has 0 fully saturated rings. The Balaban J connectivity index is 2.57. The number of hydrogen-bond donors (Lipinski definition) is 1. The van der Waals surface area contributed by atoms with E-state index in [-0.39, 0.29) is 0 Å². The SMILES string of the molecule is SC1CCc2c(Br)cccc21. The van der Waals surface area contributed by atoms with Crippen LogP contribution >= 0.6 is 28.6 Å². The highest BCUT2D eigenvalue weighted by Gasteiger charge is 2.20. The molecule has 0 saturated heterocycles. The molecule has 0 nitrogen and oxygen atoms in total. The molecular formula is C9H9BrS. The van der Waals surface area contributed by atoms with E-state index in [4.69, 9.17) is 0 Å². The minimum atomic E-state index is 0.461. The van der Waals surface area contributed by atoms with E-state index in [2.05, 4.69) is 46.8 Å². The van der Waals surface area contributed by atoms with E-state index < -0.39 is 0 Å². The maximum absolute atomic E-state index is 4.50. The van der Waals surface area contributed by atoms with Gasteiger partial charge in [-0.15, -0.1) is 0 Å². The molecule has 58 valence electrons. The highest BCUT2D eigenvalue weighted by atomic mass is 79.9. The van der Waals surface area contributed by atoms with Crippen molar-refractivity contribution in [1.82, 2.24) is 0 Å². The van der Waals surface area contributed by atoms with Gasteiger partial charge < -0.3 is 0 Å². The normalized spacial score (nSPS) is 21.8. The lowest BCUT2D eigenvalue weighted by molar-refractivity contribution is 0.896. The van der Waals surface area contributed by atoms with Crippen LogP contribution in [0.3, 0.4) is 0 Å². The summed E-state index contributed by atoms with van der Waals surface area (Å²) in [4.78, 5) is 0. The Morgan fingerprint density at radius 3 is 3.00 bits per heavy atom. The van der Waals surface area contributed by atoms with Crippen molar-refractivity contribution in [3.05, 3.63) is 33.8 Å². The topological polar surface area (TPSA) is 0 Å². The number of benzene rings is 1. The molecule has 0 saturated carbocycles. The zero-order valence-electron chi connectivity index (χ0n) is 6.05. The molecule has 11 heavy (non-hydrogen) atoms. The van der Waals surface area contributed by atoms with Gasteiger partial charge in [0.1, 0.15) is 0 Å². The molecular weight excluding hydrogens is 220 g/mol. The molecule has 0 spiro atoms. The molecule has 0 bridgehead atoms. The summed E-state index contributed by atoms with van der Waals surface area (Å²) in [6, 6.07) is 6.35. The first-order valence-electron chi connectivity index (χ1n) is 3.74. The summed E-state index contributed by atoms with van der Waals surface area (Å²) in [5.74, 6) is 0. The van der Waals surface area contributed by atoms with E-state index in [0.717, 1.165) is 0 Å². The van der Waals surface area contributed by atoms with Crippen molar-refractivity contribution in [2.45, 2.75) is 18.1 Å². The Morgan fingerprint density at radius 2 is 2.27 bits per heavy atom. The van der Waals surface area contributed by atoms with Gasteiger partial charge in [-0.2, -0.15) is 12.6 Å². The second-order valence-corrected chi connectivity index (χ2v) is 4.34. The Bertz CT molecular complexity index is 283. The molecule has 0 aliphatic heterocycles. The molecule has 2 heteroatoms. The summed E-state index contributed by atoms with van der Waals surface area (Å²) >= 11 is 8.04. The van der Waals surface area contributed by atoms with Crippen molar-refractivity contribution in [3.8, 4) is 0 Å². The summed E-state index contributed by atoms with van der Waals surface area (Å²) in [5.41, 5.74) is 2.86. The van der Waals surface area contributed by atoms with Crippen molar-refractivity contribution in [2.75, 3.05) is 0 Å². The van der Waals surface area contributed by atoms with Crippen molar-refractivity contribution in [1.29, 1.82) is 0 Å². The predicted octanol–water partition coefficient (Wildman–Crippen LogP) is 3.37. The zero-order valence-corrected chi connectivity index (χ0v) is 8.53. The number of rotatable bonds is 0. The monoisotopic (exact) mass is 228 g/mol. The van der Waals surface area contributed by atoms with Crippen LogP contribution in [0.25, 0.3) is 0 Å². The molecule has 0 amide bonds. The molecule has 0 N–H and O–H groups in total. The third-order valence-corrected chi connectivity index (χ3v) is 3.46. The second kappa shape index (κ2) is 2.83. The fourth-order valence-corrected chi connectivity index (χ4v) is 2.54. The summed E-state index contributed by atoms with van der Waals surface area (Å²) in [6.07, 6.45) is 2.35. The van der Waals surface area contributed by atoms with Gasteiger partial charge >= 0.3 is 0 Å². The first-order valence-corrected chi connectivity index (χ1v) is 5.05. The number of thiol groups is 1. The average Bonchev–Trinajstić information content (AvgIpc) is 2.35. The van der Waals surface area contributed by atoms with E-state index in [1.54, 1.807) is 0 Å². The van der Waals surface area contributed by atoms with Gasteiger partial charge in [-0.25, -0.2) is 0 Å². The van der Waals surface area contributed by atoms with Gasteiger partial charge in [0.15, 0.2) is 0 Å². The van der Waals surface area contributed by atoms with Crippen LogP contribution in [-0.4, -0.2) is 0 Å². The van der Waals surface area contributed by atoms with Gasteiger partial charge in [0, 0.05) is 9.72 Å². The average molecular weight is 229 g/mol. The highest BCUT2D eigenvalue weighted by Crippen LogP contribution is 2.38. The summed E-state index contributed by atoms with van der Waals surface area (Å²) < 4.78 is 1.24. The molecule has 1 aliphatic carbocycles. The van der Waals surface area contributed by atoms with Gasteiger partial charge in [0.2, 0.25) is 0 Å². The molecule has 2 rings (SSSR count). The van der Waals surface area contributed by atoms with Crippen LogP contribution in [0, 0.1) is 0 Å². The van der Waals surface area contributed by atoms with Crippen LogP contribution in [0.1, 0.15) is 22.8 Å². The maximum atomic E-state index is 4.50. The van der Waals surface area contributed by atoms with Crippen molar-refractivity contribution in [2.24, 2.45) is 0 Å². The van der Waals surface area contributed by atoms with Gasteiger partial charge in [0.05, 0.1) is 0 Å². The largest absolute Gasteiger partial charge is 0.171 e. The fraction of sp³-hybridized carbons (Fsp3) is 0.333. The Kier molecular flexibility index (Phi) is 1.98. The number of hydrogen-bond acceptors (Lipinski definition) is 1. The van der Waals surface area contributed by atoms with Crippen LogP contribution in [0.4, 0.5) is 0 Å². The molecule has 0 radical (unpaired) electrons. The number of fused-ring (bicyclic) bond motifs is 1. The van der Waals surface area contributed by atoms with E-state index >= 15 is 0 Å². The van der Waals surface area contributed by atoms with Crippen molar-refractivity contribution in [3.63, 3.8) is 0 Å². The lowest BCUT2D eigenvalue weighted by Gasteiger charge is -2.03. The quantitative estimate of drug-likeness (QED) is 0.648. The van der Waals surface area contributed by atoms with E-state index in [1.807, 2.05) is 0 Å². The van der Waals surface area contributed by atoms with Crippen LogP contribution in [0.5, 0.6) is 0 Å². The van der Waals surface area contributed by atoms with Crippen molar-refractivity contribution < 1.29 is 0 Å². The number of halogens is 1. The minimum Gasteiger partial charge on any atom is -0.171 e. The molecule has 1 atom stereocenters. The third-order valence-electron chi connectivity index (χ3n) is 2.18. The summed E-state index contributed by atoms with van der Waals surface area (Å²) in [6.45, 7) is 0. The molecule has 0 aromatic heterocycles. The van der Waals surface area contributed by atoms with Gasteiger partial charge in [-0.05, 0) is 30.0 Å². The first kappa shape index (κ1) is 7.69. The second-order valence-electron chi connectivity index (χ2n) is 2.86. The molecule has 1 aliphatic rings. The third kappa shape index (κ3) is 1.23. The van der Waals surface area contributed by atoms with Crippen LogP contribution < -0.4 is 0 Å². The van der Waals surface area contributed by atoms with E-state index in [0.29, 0.717) is 5.25 Å². The van der Waals surface area contributed by atoms with Crippen LogP contribution in [0.15, 0.2) is 22.7 Å². The standard InChI is InChI=1S/C9H9BrS/c10-8-3-1-2-7-6(8)4-5-9(7)11/h1-3,9,11H,4-5H2. The minimum absolute atomic E-state index is 0.461. The zero-order chi connectivity index (χ0) is 7.84.